The molecule has 0 fully saturated rings. The molecule has 2 aromatic rings. The minimum Gasteiger partial charge on any atom is -0.384 e. The van der Waals surface area contributed by atoms with Gasteiger partial charge in [0, 0.05) is 22.3 Å². The van der Waals surface area contributed by atoms with Crippen molar-refractivity contribution in [2.75, 3.05) is 11.9 Å². The highest BCUT2D eigenvalue weighted by atomic mass is 79.9. The molecular weight excluding hydrogens is 281 g/mol. The van der Waals surface area contributed by atoms with Crippen LogP contribution < -0.4 is 5.32 Å². The molecule has 3 heteroatoms. The van der Waals surface area contributed by atoms with Crippen LogP contribution in [0.1, 0.15) is 5.56 Å². The molecule has 17 heavy (non-hydrogen) atoms. The van der Waals surface area contributed by atoms with E-state index in [9.17, 15) is 4.39 Å². The van der Waals surface area contributed by atoms with E-state index in [1.807, 2.05) is 18.2 Å². The number of hydrogen-bond acceptors (Lipinski definition) is 1. The second kappa shape index (κ2) is 4.15. The van der Waals surface area contributed by atoms with Gasteiger partial charge in [0.05, 0.1) is 0 Å². The number of benzene rings is 2. The van der Waals surface area contributed by atoms with E-state index in [0.29, 0.717) is 5.56 Å². The van der Waals surface area contributed by atoms with Crippen LogP contribution in [-0.4, -0.2) is 6.54 Å². The molecule has 0 aromatic heterocycles. The molecule has 1 aliphatic rings. The smallest absolute Gasteiger partial charge is 0.131 e. The van der Waals surface area contributed by atoms with Crippen LogP contribution in [0.25, 0.3) is 11.1 Å². The zero-order valence-corrected chi connectivity index (χ0v) is 10.7. The van der Waals surface area contributed by atoms with Crippen LogP contribution in [0.4, 0.5) is 10.1 Å². The lowest BCUT2D eigenvalue weighted by Crippen LogP contribution is -1.91. The molecule has 86 valence electrons. The van der Waals surface area contributed by atoms with Crippen LogP contribution in [-0.2, 0) is 6.42 Å². The summed E-state index contributed by atoms with van der Waals surface area (Å²) in [5.41, 5.74) is 3.99. The number of rotatable bonds is 1. The molecule has 0 amide bonds. The molecule has 0 unspecified atom stereocenters. The maximum Gasteiger partial charge on any atom is 0.131 e. The van der Waals surface area contributed by atoms with Crippen molar-refractivity contribution < 1.29 is 4.39 Å². The predicted molar refractivity (Wildman–Crippen MR) is 71.7 cm³/mol. The van der Waals surface area contributed by atoms with Crippen molar-refractivity contribution in [2.24, 2.45) is 0 Å². The molecule has 1 nitrogen and oxygen atoms in total. The van der Waals surface area contributed by atoms with Gasteiger partial charge in [-0.2, -0.15) is 0 Å². The molecule has 0 bridgehead atoms. The fourth-order valence-corrected chi connectivity index (χ4v) is 2.54. The Bertz CT molecular complexity index is 580. The number of anilines is 1. The van der Waals surface area contributed by atoms with E-state index in [-0.39, 0.29) is 5.82 Å². The third kappa shape index (κ3) is 1.95. The van der Waals surface area contributed by atoms with E-state index in [1.54, 1.807) is 6.07 Å². The Labute approximate surface area is 108 Å². The highest BCUT2D eigenvalue weighted by Gasteiger charge is 2.12. The standard InChI is InChI=1S/C14H11BrFN/c15-11-3-4-13(16)12(8-11)10-2-1-9-5-6-17-14(9)7-10/h1-4,7-8,17H,5-6H2. The maximum atomic E-state index is 13.8. The van der Waals surface area contributed by atoms with Crippen LogP contribution in [0.15, 0.2) is 40.9 Å². The van der Waals surface area contributed by atoms with Gasteiger partial charge in [0.25, 0.3) is 0 Å². The Balaban J connectivity index is 2.12. The maximum absolute atomic E-state index is 13.8. The summed E-state index contributed by atoms with van der Waals surface area (Å²) in [6.45, 7) is 0.972. The zero-order valence-electron chi connectivity index (χ0n) is 9.13. The molecule has 0 radical (unpaired) electrons. The number of hydrogen-bond donors (Lipinski definition) is 1. The van der Waals surface area contributed by atoms with E-state index < -0.39 is 0 Å². The van der Waals surface area contributed by atoms with Crippen molar-refractivity contribution >= 4 is 21.6 Å². The third-order valence-corrected chi connectivity index (χ3v) is 3.55. The second-order valence-corrected chi connectivity index (χ2v) is 5.09. The van der Waals surface area contributed by atoms with Crippen LogP contribution in [0.5, 0.6) is 0 Å². The quantitative estimate of drug-likeness (QED) is 0.829. The first-order valence-electron chi connectivity index (χ1n) is 5.56. The minimum atomic E-state index is -0.189. The lowest BCUT2D eigenvalue weighted by Gasteiger charge is -2.07. The van der Waals surface area contributed by atoms with Crippen molar-refractivity contribution in [2.45, 2.75) is 6.42 Å². The largest absolute Gasteiger partial charge is 0.384 e. The normalized spacial score (nSPS) is 13.3. The van der Waals surface area contributed by atoms with E-state index >= 15 is 0 Å². The number of nitrogens with one attached hydrogen (secondary N) is 1. The first-order valence-corrected chi connectivity index (χ1v) is 6.35. The molecular formula is C14H11BrFN. The summed E-state index contributed by atoms with van der Waals surface area (Å²) in [5, 5.41) is 3.31. The first-order chi connectivity index (χ1) is 8.24. The summed E-state index contributed by atoms with van der Waals surface area (Å²) < 4.78 is 14.7. The molecule has 0 atom stereocenters. The lowest BCUT2D eigenvalue weighted by atomic mass is 10.0. The Morgan fingerprint density at radius 3 is 2.88 bits per heavy atom. The Kier molecular flexibility index (Phi) is 2.63. The van der Waals surface area contributed by atoms with Gasteiger partial charge < -0.3 is 5.32 Å². The van der Waals surface area contributed by atoms with Crippen LogP contribution in [0, 0.1) is 5.82 Å². The van der Waals surface area contributed by atoms with Gasteiger partial charge in [0.15, 0.2) is 0 Å². The van der Waals surface area contributed by atoms with E-state index in [4.69, 9.17) is 0 Å². The SMILES string of the molecule is Fc1ccc(Br)cc1-c1ccc2c(c1)NCC2. The molecule has 1 heterocycles. The second-order valence-electron chi connectivity index (χ2n) is 4.17. The minimum absolute atomic E-state index is 0.189. The monoisotopic (exact) mass is 291 g/mol. The summed E-state index contributed by atoms with van der Waals surface area (Å²) in [5.74, 6) is -0.189. The molecule has 3 rings (SSSR count). The van der Waals surface area contributed by atoms with E-state index in [0.717, 1.165) is 28.7 Å². The summed E-state index contributed by atoms with van der Waals surface area (Å²) in [4.78, 5) is 0. The third-order valence-electron chi connectivity index (χ3n) is 3.06. The van der Waals surface area contributed by atoms with Crippen LogP contribution in [0.2, 0.25) is 0 Å². The summed E-state index contributed by atoms with van der Waals surface area (Å²) in [7, 11) is 0. The van der Waals surface area contributed by atoms with E-state index in [1.165, 1.54) is 11.6 Å². The van der Waals surface area contributed by atoms with Gasteiger partial charge >= 0.3 is 0 Å². The molecule has 1 aliphatic heterocycles. The Morgan fingerprint density at radius 1 is 1.12 bits per heavy atom. The summed E-state index contributed by atoms with van der Waals surface area (Å²) in [6.07, 6.45) is 1.05. The molecule has 0 aliphatic carbocycles. The van der Waals surface area contributed by atoms with Gasteiger partial charge in [0.2, 0.25) is 0 Å². The molecule has 0 saturated heterocycles. The van der Waals surface area contributed by atoms with Gasteiger partial charge in [-0.05, 0) is 41.8 Å². The van der Waals surface area contributed by atoms with Crippen LogP contribution in [0.3, 0.4) is 0 Å². The Hall–Kier alpha value is -1.35. The van der Waals surface area contributed by atoms with Crippen molar-refractivity contribution in [3.05, 3.63) is 52.3 Å². The fraction of sp³-hybridized carbons (Fsp3) is 0.143. The highest BCUT2D eigenvalue weighted by Crippen LogP contribution is 2.31. The molecule has 2 aromatic carbocycles. The summed E-state index contributed by atoms with van der Waals surface area (Å²) in [6, 6.07) is 11.1. The van der Waals surface area contributed by atoms with Gasteiger partial charge in [-0.25, -0.2) is 4.39 Å². The molecule has 1 N–H and O–H groups in total. The lowest BCUT2D eigenvalue weighted by molar-refractivity contribution is 0.631. The van der Waals surface area contributed by atoms with Crippen molar-refractivity contribution in [3.8, 4) is 11.1 Å². The van der Waals surface area contributed by atoms with Gasteiger partial charge in [0.1, 0.15) is 5.82 Å². The Morgan fingerprint density at radius 2 is 2.00 bits per heavy atom. The fourth-order valence-electron chi connectivity index (χ4n) is 2.18. The number of fused-ring (bicyclic) bond motifs is 1. The first kappa shape index (κ1) is 10.8. The van der Waals surface area contributed by atoms with Crippen LogP contribution >= 0.6 is 15.9 Å². The topological polar surface area (TPSA) is 12.0 Å². The molecule has 0 saturated carbocycles. The van der Waals surface area contributed by atoms with Crippen molar-refractivity contribution in [3.63, 3.8) is 0 Å². The number of halogens is 2. The summed E-state index contributed by atoms with van der Waals surface area (Å²) >= 11 is 3.37. The average molecular weight is 292 g/mol. The van der Waals surface area contributed by atoms with Crippen molar-refractivity contribution in [1.29, 1.82) is 0 Å². The predicted octanol–water partition coefficient (Wildman–Crippen LogP) is 4.22. The average Bonchev–Trinajstić information content (AvgIpc) is 2.79. The van der Waals surface area contributed by atoms with E-state index in [2.05, 4.69) is 27.3 Å². The zero-order chi connectivity index (χ0) is 11.8. The van der Waals surface area contributed by atoms with Gasteiger partial charge in [-0.1, -0.05) is 28.1 Å². The van der Waals surface area contributed by atoms with Gasteiger partial charge in [-0.15, -0.1) is 0 Å². The van der Waals surface area contributed by atoms with Crippen molar-refractivity contribution in [1.82, 2.24) is 0 Å². The molecule has 0 spiro atoms. The van der Waals surface area contributed by atoms with Gasteiger partial charge in [-0.3, -0.25) is 0 Å². The highest BCUT2D eigenvalue weighted by molar-refractivity contribution is 9.10.